The molecule has 0 saturated heterocycles. The number of benzene rings is 2. The van der Waals surface area contributed by atoms with E-state index in [4.69, 9.17) is 4.74 Å². The number of carbonyl (C=O) groups is 1. The van der Waals surface area contributed by atoms with Crippen LogP contribution < -0.4 is 15.0 Å². The molecule has 2 aliphatic rings. The molecule has 1 heterocycles. The number of urea groups is 1. The summed E-state index contributed by atoms with van der Waals surface area (Å²) in [5.74, 6) is 1.34. The van der Waals surface area contributed by atoms with Crippen molar-refractivity contribution < 1.29 is 9.53 Å². The minimum Gasteiger partial charge on any atom is -0.485 e. The Kier molecular flexibility index (Phi) is 4.92. The maximum Gasteiger partial charge on any atom is 0.317 e. The van der Waals surface area contributed by atoms with Gasteiger partial charge in [-0.2, -0.15) is 0 Å². The Bertz CT molecular complexity index is 795. The van der Waals surface area contributed by atoms with Crippen molar-refractivity contribution >= 4 is 11.7 Å². The molecule has 2 amide bonds. The number of hydrogen-bond donors (Lipinski definition) is 1. The van der Waals surface area contributed by atoms with E-state index >= 15 is 0 Å². The first-order valence-corrected chi connectivity index (χ1v) is 9.73. The van der Waals surface area contributed by atoms with Crippen LogP contribution >= 0.6 is 0 Å². The van der Waals surface area contributed by atoms with E-state index in [1.54, 1.807) is 4.90 Å². The van der Waals surface area contributed by atoms with E-state index in [1.165, 1.54) is 5.56 Å². The Morgan fingerprint density at radius 1 is 1.19 bits per heavy atom. The molecule has 0 aromatic heterocycles. The monoisotopic (exact) mass is 365 g/mol. The molecule has 3 atom stereocenters. The average molecular weight is 365 g/mol. The van der Waals surface area contributed by atoms with Crippen LogP contribution in [0.2, 0.25) is 0 Å². The third-order valence-electron chi connectivity index (χ3n) is 5.46. The Balaban J connectivity index is 1.32. The Morgan fingerprint density at radius 2 is 1.93 bits per heavy atom. The number of anilines is 1. The normalized spacial score (nSPS) is 23.2. The second kappa shape index (κ2) is 7.51. The molecule has 4 rings (SSSR count). The molecule has 5 heteroatoms. The quantitative estimate of drug-likeness (QED) is 0.882. The van der Waals surface area contributed by atoms with Gasteiger partial charge in [0.15, 0.2) is 0 Å². The largest absolute Gasteiger partial charge is 0.485 e. The predicted molar refractivity (Wildman–Crippen MR) is 107 cm³/mol. The molecule has 0 radical (unpaired) electrons. The van der Waals surface area contributed by atoms with Crippen molar-refractivity contribution in [2.45, 2.75) is 31.4 Å². The van der Waals surface area contributed by atoms with Crippen LogP contribution in [0.5, 0.6) is 5.75 Å². The number of hydrogen-bond acceptors (Lipinski definition) is 3. The number of likely N-dealkylation sites (N-methyl/N-ethyl adjacent to an activating group) is 2. The molecular formula is C22H27N3O2. The summed E-state index contributed by atoms with van der Waals surface area (Å²) in [5.41, 5.74) is 2.43. The molecule has 142 valence electrons. The van der Waals surface area contributed by atoms with Crippen molar-refractivity contribution in [3.63, 3.8) is 0 Å². The van der Waals surface area contributed by atoms with Gasteiger partial charge in [0.25, 0.3) is 0 Å². The molecule has 2 aromatic rings. The maximum absolute atomic E-state index is 12.6. The summed E-state index contributed by atoms with van der Waals surface area (Å²) in [5, 5.41) is 3.15. The van der Waals surface area contributed by atoms with Crippen molar-refractivity contribution in [1.29, 1.82) is 0 Å². The first-order valence-electron chi connectivity index (χ1n) is 9.73. The summed E-state index contributed by atoms with van der Waals surface area (Å²) in [6.07, 6.45) is 0.986. The van der Waals surface area contributed by atoms with Gasteiger partial charge in [-0.25, -0.2) is 4.79 Å². The summed E-state index contributed by atoms with van der Waals surface area (Å²) in [4.78, 5) is 16.6. The molecule has 1 fully saturated rings. The zero-order valence-corrected chi connectivity index (χ0v) is 16.0. The van der Waals surface area contributed by atoms with Crippen molar-refractivity contribution in [1.82, 2.24) is 10.2 Å². The fourth-order valence-electron chi connectivity index (χ4n) is 3.85. The summed E-state index contributed by atoms with van der Waals surface area (Å²) in [6, 6.07) is 18.7. The highest BCUT2D eigenvalue weighted by Crippen LogP contribution is 2.40. The molecular weight excluding hydrogens is 338 g/mol. The van der Waals surface area contributed by atoms with Gasteiger partial charge in [-0.15, -0.1) is 0 Å². The second-order valence-corrected chi connectivity index (χ2v) is 7.44. The van der Waals surface area contributed by atoms with Crippen molar-refractivity contribution in [3.05, 3.63) is 60.2 Å². The molecule has 27 heavy (non-hydrogen) atoms. The molecule has 2 aromatic carbocycles. The molecule has 1 aliphatic carbocycles. The predicted octanol–water partition coefficient (Wildman–Crippen LogP) is 3.47. The van der Waals surface area contributed by atoms with Crippen molar-refractivity contribution in [2.75, 3.05) is 31.6 Å². The zero-order chi connectivity index (χ0) is 18.8. The molecule has 5 nitrogen and oxygen atoms in total. The summed E-state index contributed by atoms with van der Waals surface area (Å²) in [7, 11) is 1.84. The van der Waals surface area contributed by atoms with Gasteiger partial charge in [-0.05, 0) is 31.0 Å². The third kappa shape index (κ3) is 3.87. The minimum atomic E-state index is -0.0280. The molecule has 0 spiro atoms. The summed E-state index contributed by atoms with van der Waals surface area (Å²) >= 11 is 0. The van der Waals surface area contributed by atoms with Crippen molar-refractivity contribution in [2.24, 2.45) is 0 Å². The highest BCUT2D eigenvalue weighted by molar-refractivity contribution is 5.75. The van der Waals surface area contributed by atoms with Gasteiger partial charge >= 0.3 is 6.03 Å². The van der Waals surface area contributed by atoms with Gasteiger partial charge in [0.05, 0.1) is 18.8 Å². The minimum absolute atomic E-state index is 0.0241. The number of nitrogens with zero attached hydrogens (tertiary/aromatic N) is 2. The molecule has 1 N–H and O–H groups in total. The fourth-order valence-corrected chi connectivity index (χ4v) is 3.85. The van der Waals surface area contributed by atoms with E-state index in [9.17, 15) is 4.79 Å². The number of rotatable bonds is 5. The Hall–Kier alpha value is -2.69. The van der Waals surface area contributed by atoms with Gasteiger partial charge in [0, 0.05) is 25.6 Å². The SMILES string of the molecule is CCN1C[C@H](CN(C)C(=O)N[C@H]2C[C@@H]2c2ccccc2)Oc2ccccc21. The van der Waals surface area contributed by atoms with Crippen LogP contribution in [-0.2, 0) is 0 Å². The lowest BCUT2D eigenvalue weighted by Gasteiger charge is -2.37. The van der Waals surface area contributed by atoms with Gasteiger partial charge in [-0.1, -0.05) is 42.5 Å². The Morgan fingerprint density at radius 3 is 2.70 bits per heavy atom. The van der Waals surface area contributed by atoms with Crippen LogP contribution in [0.1, 0.15) is 24.8 Å². The smallest absolute Gasteiger partial charge is 0.317 e. The van der Waals surface area contributed by atoms with E-state index in [0.717, 1.165) is 30.9 Å². The lowest BCUT2D eigenvalue weighted by Crippen LogP contribution is -2.49. The zero-order valence-electron chi connectivity index (χ0n) is 16.0. The van der Waals surface area contributed by atoms with Crippen LogP contribution in [0, 0.1) is 0 Å². The molecule has 0 bridgehead atoms. The topological polar surface area (TPSA) is 44.8 Å². The standard InChI is InChI=1S/C22H27N3O2/c1-3-25-15-17(27-21-12-8-7-11-20(21)25)14-24(2)22(26)23-19-13-18(19)16-9-5-4-6-10-16/h4-12,17-19H,3,13-15H2,1-2H3,(H,23,26)/t17-,18+,19-/m0/s1. The van der Waals surface area contributed by atoms with Crippen LogP contribution in [0.4, 0.5) is 10.5 Å². The number of amides is 2. The number of nitrogens with one attached hydrogen (secondary N) is 1. The fraction of sp³-hybridized carbons (Fsp3) is 0.409. The van der Waals surface area contributed by atoms with Crippen LogP contribution in [0.15, 0.2) is 54.6 Å². The molecule has 1 saturated carbocycles. The average Bonchev–Trinajstić information content (AvgIpc) is 3.47. The lowest BCUT2D eigenvalue weighted by atomic mass is 10.1. The van der Waals surface area contributed by atoms with Gasteiger partial charge < -0.3 is 19.9 Å². The van der Waals surface area contributed by atoms with Crippen molar-refractivity contribution in [3.8, 4) is 5.75 Å². The van der Waals surface area contributed by atoms with Crippen LogP contribution in [-0.4, -0.2) is 49.8 Å². The summed E-state index contributed by atoms with van der Waals surface area (Å²) in [6.45, 7) is 4.43. The highest BCUT2D eigenvalue weighted by atomic mass is 16.5. The lowest BCUT2D eigenvalue weighted by molar-refractivity contribution is 0.145. The first-order chi connectivity index (χ1) is 13.2. The van der Waals surface area contributed by atoms with Gasteiger partial charge in [-0.3, -0.25) is 0 Å². The molecule has 1 aliphatic heterocycles. The number of ether oxygens (including phenoxy) is 1. The first kappa shape index (κ1) is 17.7. The van der Waals surface area contributed by atoms with E-state index in [1.807, 2.05) is 31.3 Å². The van der Waals surface area contributed by atoms with E-state index in [0.29, 0.717) is 12.5 Å². The molecule has 0 unspecified atom stereocenters. The van der Waals surface area contributed by atoms with E-state index in [-0.39, 0.29) is 18.2 Å². The van der Waals surface area contributed by atoms with Gasteiger partial charge in [0.1, 0.15) is 11.9 Å². The van der Waals surface area contributed by atoms with Crippen LogP contribution in [0.3, 0.4) is 0 Å². The second-order valence-electron chi connectivity index (χ2n) is 7.44. The Labute approximate surface area is 160 Å². The maximum atomic E-state index is 12.6. The number of para-hydroxylation sites is 2. The third-order valence-corrected chi connectivity index (χ3v) is 5.46. The van der Waals surface area contributed by atoms with E-state index < -0.39 is 0 Å². The highest BCUT2D eigenvalue weighted by Gasteiger charge is 2.40. The van der Waals surface area contributed by atoms with Crippen LogP contribution in [0.25, 0.3) is 0 Å². The van der Waals surface area contributed by atoms with E-state index in [2.05, 4.69) is 47.5 Å². The number of carbonyl (C=O) groups excluding carboxylic acids is 1. The summed E-state index contributed by atoms with van der Waals surface area (Å²) < 4.78 is 6.13. The van der Waals surface area contributed by atoms with Gasteiger partial charge in [0.2, 0.25) is 0 Å². The number of fused-ring (bicyclic) bond motifs is 1.